The second kappa shape index (κ2) is 8.67. The summed E-state index contributed by atoms with van der Waals surface area (Å²) >= 11 is 6.20. The summed E-state index contributed by atoms with van der Waals surface area (Å²) in [6.45, 7) is 1.51. The molecule has 1 amide bonds. The van der Waals surface area contributed by atoms with Crippen molar-refractivity contribution in [3.63, 3.8) is 0 Å². The van der Waals surface area contributed by atoms with Gasteiger partial charge in [0.05, 0.1) is 5.69 Å². The third-order valence-electron chi connectivity index (χ3n) is 4.77. The van der Waals surface area contributed by atoms with E-state index in [0.717, 1.165) is 36.2 Å². The number of rotatable bonds is 5. The Kier molecular flexibility index (Phi) is 6.29. The predicted octanol–water partition coefficient (Wildman–Crippen LogP) is 3.22. The Labute approximate surface area is 165 Å². The van der Waals surface area contributed by atoms with Crippen LogP contribution < -0.4 is 4.90 Å². The Morgan fingerprint density at radius 1 is 1.41 bits per heavy atom. The molecule has 1 aliphatic heterocycles. The number of nitrogens with zero attached hydrogens (tertiary/aromatic N) is 4. The molecule has 1 fully saturated rings. The van der Waals surface area contributed by atoms with Gasteiger partial charge in [0.15, 0.2) is 0 Å². The van der Waals surface area contributed by atoms with Crippen LogP contribution in [0.1, 0.15) is 24.5 Å². The van der Waals surface area contributed by atoms with Crippen LogP contribution in [0.3, 0.4) is 0 Å². The zero-order valence-electron chi connectivity index (χ0n) is 16.0. The lowest BCUT2D eigenvalue weighted by Gasteiger charge is -2.33. The average Bonchev–Trinajstić information content (AvgIpc) is 2.68. The van der Waals surface area contributed by atoms with Crippen LogP contribution in [0.4, 0.5) is 5.95 Å². The molecule has 0 N–H and O–H groups in total. The highest BCUT2D eigenvalue weighted by molar-refractivity contribution is 6.30. The predicted molar refractivity (Wildman–Crippen MR) is 107 cm³/mol. The molecule has 2 heterocycles. The van der Waals surface area contributed by atoms with Gasteiger partial charge in [-0.05, 0) is 30.5 Å². The summed E-state index contributed by atoms with van der Waals surface area (Å²) in [5.74, 6) is 0.833. The first-order valence-corrected chi connectivity index (χ1v) is 9.44. The lowest BCUT2D eigenvalue weighted by molar-refractivity contribution is -0.136. The standard InChI is InChI=1S/C20H25ClN4O2/c1-24(2)20-22-11-17(14-6-4-8-16(21)10-14)19(23-20)15-7-5-9-25(12-15)18(26)13-27-3/h4,6,8,10-11,15H,5,7,9,12-13H2,1-3H3/t15-/m1/s1. The van der Waals surface area contributed by atoms with E-state index >= 15 is 0 Å². The number of hydrogen-bond donors (Lipinski definition) is 0. The molecule has 7 heteroatoms. The SMILES string of the molecule is COCC(=O)N1CCC[C@@H](c2nc(N(C)C)ncc2-c2cccc(Cl)c2)C1. The van der Waals surface area contributed by atoms with Crippen LogP contribution in [-0.4, -0.2) is 61.7 Å². The summed E-state index contributed by atoms with van der Waals surface area (Å²) < 4.78 is 5.02. The van der Waals surface area contributed by atoms with Gasteiger partial charge >= 0.3 is 0 Å². The van der Waals surface area contributed by atoms with E-state index in [9.17, 15) is 4.79 Å². The van der Waals surface area contributed by atoms with E-state index in [2.05, 4.69) is 4.98 Å². The highest BCUT2D eigenvalue weighted by Crippen LogP contribution is 2.34. The number of piperidine rings is 1. The fourth-order valence-electron chi connectivity index (χ4n) is 3.43. The Hall–Kier alpha value is -2.18. The molecule has 1 aliphatic rings. The van der Waals surface area contributed by atoms with Crippen molar-refractivity contribution in [2.24, 2.45) is 0 Å². The zero-order chi connectivity index (χ0) is 19.4. The van der Waals surface area contributed by atoms with E-state index < -0.39 is 0 Å². The minimum atomic E-state index is 0.0217. The van der Waals surface area contributed by atoms with E-state index in [-0.39, 0.29) is 18.4 Å². The largest absolute Gasteiger partial charge is 0.375 e. The first-order chi connectivity index (χ1) is 13.0. The molecule has 1 saturated heterocycles. The Balaban J connectivity index is 1.99. The number of likely N-dealkylation sites (tertiary alicyclic amines) is 1. The maximum absolute atomic E-state index is 12.3. The minimum Gasteiger partial charge on any atom is -0.375 e. The average molecular weight is 389 g/mol. The van der Waals surface area contributed by atoms with Gasteiger partial charge < -0.3 is 14.5 Å². The molecular weight excluding hydrogens is 364 g/mol. The highest BCUT2D eigenvalue weighted by atomic mass is 35.5. The monoisotopic (exact) mass is 388 g/mol. The molecule has 0 aliphatic carbocycles. The van der Waals surface area contributed by atoms with Crippen LogP contribution in [-0.2, 0) is 9.53 Å². The fourth-order valence-corrected chi connectivity index (χ4v) is 3.62. The summed E-state index contributed by atoms with van der Waals surface area (Å²) in [5, 5.41) is 0.677. The molecule has 0 unspecified atom stereocenters. The second-order valence-electron chi connectivity index (χ2n) is 6.99. The Morgan fingerprint density at radius 2 is 2.22 bits per heavy atom. The Morgan fingerprint density at radius 3 is 2.93 bits per heavy atom. The molecule has 0 bridgehead atoms. The number of anilines is 1. The molecule has 1 aromatic carbocycles. The number of amides is 1. The van der Waals surface area contributed by atoms with Crippen molar-refractivity contribution in [3.8, 4) is 11.1 Å². The van der Waals surface area contributed by atoms with Crippen LogP contribution in [0.5, 0.6) is 0 Å². The molecule has 0 radical (unpaired) electrons. The fraction of sp³-hybridized carbons (Fsp3) is 0.450. The second-order valence-corrected chi connectivity index (χ2v) is 7.42. The third kappa shape index (κ3) is 4.57. The number of hydrogen-bond acceptors (Lipinski definition) is 5. The summed E-state index contributed by atoms with van der Waals surface area (Å²) in [4.78, 5) is 25.4. The van der Waals surface area contributed by atoms with E-state index in [1.54, 1.807) is 7.11 Å². The van der Waals surface area contributed by atoms with Gasteiger partial charge in [0.1, 0.15) is 6.61 Å². The van der Waals surface area contributed by atoms with Gasteiger partial charge in [-0.25, -0.2) is 9.97 Å². The molecule has 6 nitrogen and oxygen atoms in total. The summed E-state index contributed by atoms with van der Waals surface area (Å²) in [7, 11) is 5.39. The quantitative estimate of drug-likeness (QED) is 0.787. The summed E-state index contributed by atoms with van der Waals surface area (Å²) in [5.41, 5.74) is 2.92. The van der Waals surface area contributed by atoms with Crippen molar-refractivity contribution in [2.45, 2.75) is 18.8 Å². The lowest BCUT2D eigenvalue weighted by atomic mass is 9.90. The van der Waals surface area contributed by atoms with E-state index in [4.69, 9.17) is 21.3 Å². The third-order valence-corrected chi connectivity index (χ3v) is 5.00. The molecule has 1 aromatic heterocycles. The number of halogens is 1. The van der Waals surface area contributed by atoms with Gasteiger partial charge in [0, 0.05) is 57.0 Å². The van der Waals surface area contributed by atoms with Gasteiger partial charge in [-0.1, -0.05) is 23.7 Å². The number of carbonyl (C=O) groups excluding carboxylic acids is 1. The maximum atomic E-state index is 12.3. The van der Waals surface area contributed by atoms with Crippen molar-refractivity contribution in [3.05, 3.63) is 41.2 Å². The number of carbonyl (C=O) groups is 1. The van der Waals surface area contributed by atoms with E-state index in [1.165, 1.54) is 0 Å². The number of benzene rings is 1. The topological polar surface area (TPSA) is 58.6 Å². The number of methoxy groups -OCH3 is 1. The van der Waals surface area contributed by atoms with Crippen molar-refractivity contribution in [1.29, 1.82) is 0 Å². The zero-order valence-corrected chi connectivity index (χ0v) is 16.7. The Bertz CT molecular complexity index is 812. The highest BCUT2D eigenvalue weighted by Gasteiger charge is 2.28. The van der Waals surface area contributed by atoms with Crippen LogP contribution >= 0.6 is 11.6 Å². The maximum Gasteiger partial charge on any atom is 0.248 e. The molecule has 144 valence electrons. The van der Waals surface area contributed by atoms with Gasteiger partial charge in [-0.2, -0.15) is 0 Å². The van der Waals surface area contributed by atoms with Crippen molar-refractivity contribution < 1.29 is 9.53 Å². The van der Waals surface area contributed by atoms with Gasteiger partial charge in [-0.3, -0.25) is 4.79 Å². The van der Waals surface area contributed by atoms with Crippen LogP contribution in [0, 0.1) is 0 Å². The van der Waals surface area contributed by atoms with Gasteiger partial charge in [0.25, 0.3) is 0 Å². The molecule has 27 heavy (non-hydrogen) atoms. The van der Waals surface area contributed by atoms with Gasteiger partial charge in [-0.15, -0.1) is 0 Å². The molecular formula is C20H25ClN4O2. The number of ether oxygens (including phenoxy) is 1. The summed E-state index contributed by atoms with van der Waals surface area (Å²) in [6.07, 6.45) is 3.78. The van der Waals surface area contributed by atoms with Crippen molar-refractivity contribution >= 4 is 23.5 Å². The van der Waals surface area contributed by atoms with Crippen LogP contribution in [0.15, 0.2) is 30.5 Å². The first kappa shape index (κ1) is 19.6. The smallest absolute Gasteiger partial charge is 0.248 e. The van der Waals surface area contributed by atoms with E-state index in [1.807, 2.05) is 54.4 Å². The normalized spacial score (nSPS) is 17.0. The molecule has 0 spiro atoms. The van der Waals surface area contributed by atoms with Gasteiger partial charge in [0.2, 0.25) is 11.9 Å². The van der Waals surface area contributed by atoms with Crippen molar-refractivity contribution in [2.75, 3.05) is 45.8 Å². The molecule has 0 saturated carbocycles. The van der Waals surface area contributed by atoms with Crippen LogP contribution in [0.25, 0.3) is 11.1 Å². The molecule has 1 atom stereocenters. The van der Waals surface area contributed by atoms with Crippen LogP contribution in [0.2, 0.25) is 5.02 Å². The lowest BCUT2D eigenvalue weighted by Crippen LogP contribution is -2.41. The van der Waals surface area contributed by atoms with Crippen molar-refractivity contribution in [1.82, 2.24) is 14.9 Å². The first-order valence-electron chi connectivity index (χ1n) is 9.06. The van der Waals surface area contributed by atoms with E-state index in [0.29, 0.717) is 17.5 Å². The summed E-state index contributed by atoms with van der Waals surface area (Å²) in [6, 6.07) is 7.72. The molecule has 2 aromatic rings. The minimum absolute atomic E-state index is 0.0217. The number of aromatic nitrogens is 2. The molecule has 3 rings (SSSR count).